The van der Waals surface area contributed by atoms with Crippen molar-refractivity contribution in [3.05, 3.63) is 0 Å². The Morgan fingerprint density at radius 2 is 1.81 bits per heavy atom. The van der Waals surface area contributed by atoms with Gasteiger partial charge in [0.2, 0.25) is 5.91 Å². The molecule has 0 aromatic carbocycles. The highest BCUT2D eigenvalue weighted by molar-refractivity contribution is 5.78. The van der Waals surface area contributed by atoms with Crippen LogP contribution in [0.1, 0.15) is 19.8 Å². The van der Waals surface area contributed by atoms with Crippen LogP contribution in [0.4, 0.5) is 4.79 Å². The molecule has 0 bridgehead atoms. The van der Waals surface area contributed by atoms with Crippen LogP contribution in [0.3, 0.4) is 0 Å². The molecule has 0 aliphatic carbocycles. The van der Waals surface area contributed by atoms with Gasteiger partial charge in [-0.05, 0) is 6.92 Å². The topological polar surface area (TPSA) is 137 Å². The minimum atomic E-state index is -1.53. The lowest BCUT2D eigenvalue weighted by atomic mass is 10.0. The van der Waals surface area contributed by atoms with Gasteiger partial charge < -0.3 is 30.9 Å². The van der Waals surface area contributed by atoms with Crippen LogP contribution in [-0.4, -0.2) is 67.1 Å². The van der Waals surface area contributed by atoms with Gasteiger partial charge in [0.15, 0.2) is 0 Å². The molecule has 0 saturated heterocycles. The number of nitrogens with one attached hydrogen (secondary N) is 3. The number of urea groups is 1. The maximum Gasteiger partial charge on any atom is 0.314 e. The normalized spacial score (nSPS) is 13.1. The summed E-state index contributed by atoms with van der Waals surface area (Å²) < 4.78 is 4.77. The molecule has 0 saturated carbocycles. The standard InChI is InChI=1S/C12H23N3O6/c1-12(20,7-10(17)18)8-15-11(19)14-4-3-9(16)13-5-6-21-2/h20H,3-8H2,1-2H3,(H,13,16)(H,17,18)(H2,14,15,19). The van der Waals surface area contributed by atoms with Gasteiger partial charge in [0.05, 0.1) is 18.6 Å². The zero-order valence-electron chi connectivity index (χ0n) is 12.3. The van der Waals surface area contributed by atoms with Crippen LogP contribution < -0.4 is 16.0 Å². The Morgan fingerprint density at radius 3 is 2.38 bits per heavy atom. The van der Waals surface area contributed by atoms with Crippen LogP contribution in [0, 0.1) is 0 Å². The molecule has 0 rings (SSSR count). The largest absolute Gasteiger partial charge is 0.481 e. The van der Waals surface area contributed by atoms with Gasteiger partial charge in [0.25, 0.3) is 0 Å². The number of hydrogen-bond donors (Lipinski definition) is 5. The highest BCUT2D eigenvalue weighted by Crippen LogP contribution is 2.06. The number of carboxylic acids is 1. The number of carboxylic acid groups (broad SMARTS) is 1. The summed E-state index contributed by atoms with van der Waals surface area (Å²) in [5, 5.41) is 25.6. The van der Waals surface area contributed by atoms with E-state index in [9.17, 15) is 19.5 Å². The average molecular weight is 305 g/mol. The van der Waals surface area contributed by atoms with Gasteiger partial charge in [-0.2, -0.15) is 0 Å². The second-order valence-corrected chi connectivity index (χ2v) is 4.77. The molecular weight excluding hydrogens is 282 g/mol. The quantitative estimate of drug-likeness (QED) is 0.317. The molecule has 0 aromatic rings. The number of aliphatic carboxylic acids is 1. The highest BCUT2D eigenvalue weighted by atomic mass is 16.5. The highest BCUT2D eigenvalue weighted by Gasteiger charge is 2.24. The van der Waals surface area contributed by atoms with Gasteiger partial charge >= 0.3 is 12.0 Å². The number of methoxy groups -OCH3 is 1. The SMILES string of the molecule is COCCNC(=O)CCNC(=O)NCC(C)(O)CC(=O)O. The second kappa shape index (κ2) is 9.94. The zero-order valence-corrected chi connectivity index (χ0v) is 12.3. The van der Waals surface area contributed by atoms with Crippen molar-refractivity contribution in [3.63, 3.8) is 0 Å². The summed E-state index contributed by atoms with van der Waals surface area (Å²) in [6.45, 7) is 2.05. The number of hydrogen-bond acceptors (Lipinski definition) is 5. The molecule has 0 radical (unpaired) electrons. The maximum absolute atomic E-state index is 11.4. The van der Waals surface area contributed by atoms with E-state index in [0.717, 1.165) is 0 Å². The molecule has 0 spiro atoms. The van der Waals surface area contributed by atoms with Crippen LogP contribution in [0.2, 0.25) is 0 Å². The number of rotatable bonds is 10. The first-order valence-corrected chi connectivity index (χ1v) is 6.48. The lowest BCUT2D eigenvalue weighted by Gasteiger charge is -2.21. The monoisotopic (exact) mass is 305 g/mol. The first-order chi connectivity index (χ1) is 9.76. The Morgan fingerprint density at radius 1 is 1.14 bits per heavy atom. The fourth-order valence-corrected chi connectivity index (χ4v) is 1.39. The van der Waals surface area contributed by atoms with Gasteiger partial charge in [-0.1, -0.05) is 0 Å². The smallest absolute Gasteiger partial charge is 0.314 e. The van der Waals surface area contributed by atoms with Crippen LogP contribution >= 0.6 is 0 Å². The van der Waals surface area contributed by atoms with E-state index in [4.69, 9.17) is 9.84 Å². The molecule has 9 nitrogen and oxygen atoms in total. The third-order valence-corrected chi connectivity index (χ3v) is 2.43. The summed E-state index contributed by atoms with van der Waals surface area (Å²) in [4.78, 5) is 33.2. The number of ether oxygens (including phenoxy) is 1. The minimum Gasteiger partial charge on any atom is -0.481 e. The predicted molar refractivity (Wildman–Crippen MR) is 73.8 cm³/mol. The van der Waals surface area contributed by atoms with E-state index in [-0.39, 0.29) is 25.4 Å². The Labute approximate surface area is 123 Å². The molecule has 5 N–H and O–H groups in total. The van der Waals surface area contributed by atoms with Gasteiger partial charge in [0, 0.05) is 33.2 Å². The van der Waals surface area contributed by atoms with Crippen molar-refractivity contribution in [2.24, 2.45) is 0 Å². The number of aliphatic hydroxyl groups is 1. The van der Waals surface area contributed by atoms with E-state index in [1.165, 1.54) is 14.0 Å². The molecular formula is C12H23N3O6. The fraction of sp³-hybridized carbons (Fsp3) is 0.750. The fourth-order valence-electron chi connectivity index (χ4n) is 1.39. The lowest BCUT2D eigenvalue weighted by molar-refractivity contribution is -0.141. The van der Waals surface area contributed by atoms with Gasteiger partial charge in [-0.15, -0.1) is 0 Å². The maximum atomic E-state index is 11.4. The van der Waals surface area contributed by atoms with Crippen molar-refractivity contribution >= 4 is 17.9 Å². The van der Waals surface area contributed by atoms with Crippen molar-refractivity contribution in [2.75, 3.05) is 33.4 Å². The van der Waals surface area contributed by atoms with Gasteiger partial charge in [-0.25, -0.2) is 4.79 Å². The van der Waals surface area contributed by atoms with Crippen LogP contribution in [0.5, 0.6) is 0 Å². The summed E-state index contributed by atoms with van der Waals surface area (Å²) >= 11 is 0. The number of carbonyl (C=O) groups is 3. The Hall–Kier alpha value is -1.87. The van der Waals surface area contributed by atoms with Crippen molar-refractivity contribution < 1.29 is 29.3 Å². The molecule has 3 amide bonds. The van der Waals surface area contributed by atoms with Crippen molar-refractivity contribution in [1.29, 1.82) is 0 Å². The lowest BCUT2D eigenvalue weighted by Crippen LogP contribution is -2.46. The van der Waals surface area contributed by atoms with E-state index < -0.39 is 24.0 Å². The van der Waals surface area contributed by atoms with Crippen LogP contribution in [0.15, 0.2) is 0 Å². The van der Waals surface area contributed by atoms with Crippen LogP contribution in [-0.2, 0) is 14.3 Å². The minimum absolute atomic E-state index is 0.114. The van der Waals surface area contributed by atoms with Crippen molar-refractivity contribution in [3.8, 4) is 0 Å². The third kappa shape index (κ3) is 11.6. The third-order valence-electron chi connectivity index (χ3n) is 2.43. The molecule has 9 heteroatoms. The summed E-state index contributed by atoms with van der Waals surface area (Å²) in [7, 11) is 1.53. The first kappa shape index (κ1) is 19.1. The van der Waals surface area contributed by atoms with E-state index in [2.05, 4.69) is 16.0 Å². The number of carbonyl (C=O) groups excluding carboxylic acids is 2. The van der Waals surface area contributed by atoms with E-state index >= 15 is 0 Å². The molecule has 1 unspecified atom stereocenters. The van der Waals surface area contributed by atoms with E-state index in [1.807, 2.05) is 0 Å². The van der Waals surface area contributed by atoms with Crippen LogP contribution in [0.25, 0.3) is 0 Å². The van der Waals surface area contributed by atoms with Crippen molar-refractivity contribution in [1.82, 2.24) is 16.0 Å². The molecule has 122 valence electrons. The van der Waals surface area contributed by atoms with Gasteiger partial charge in [-0.3, -0.25) is 9.59 Å². The number of amides is 3. The first-order valence-electron chi connectivity index (χ1n) is 6.48. The molecule has 1 atom stereocenters. The molecule has 0 aliphatic heterocycles. The summed E-state index contributed by atoms with van der Waals surface area (Å²) in [5.74, 6) is -1.37. The molecule has 0 fully saturated rings. The molecule has 0 aromatic heterocycles. The molecule has 0 heterocycles. The summed E-state index contributed by atoms with van der Waals surface area (Å²) in [6, 6.07) is -0.578. The summed E-state index contributed by atoms with van der Waals surface area (Å²) in [6.07, 6.45) is -0.363. The second-order valence-electron chi connectivity index (χ2n) is 4.77. The Bertz CT molecular complexity index is 359. The predicted octanol–water partition coefficient (Wildman–Crippen LogP) is -1.34. The van der Waals surface area contributed by atoms with E-state index in [1.54, 1.807) is 0 Å². The zero-order chi connectivity index (χ0) is 16.3. The average Bonchev–Trinajstić information content (AvgIpc) is 2.35. The van der Waals surface area contributed by atoms with E-state index in [0.29, 0.717) is 13.2 Å². The Balaban J connectivity index is 3.76. The Kier molecular flexibility index (Phi) is 9.06. The molecule has 0 aliphatic rings. The molecule has 21 heavy (non-hydrogen) atoms. The van der Waals surface area contributed by atoms with Crippen molar-refractivity contribution in [2.45, 2.75) is 25.4 Å². The van der Waals surface area contributed by atoms with Gasteiger partial charge in [0.1, 0.15) is 0 Å². The summed E-state index contributed by atoms with van der Waals surface area (Å²) in [5.41, 5.74) is -1.53.